The molecule has 0 amide bonds. The molecule has 0 heterocycles. The normalized spacial score (nSPS) is 15.3. The first-order valence-electron chi connectivity index (χ1n) is 9.95. The van der Waals surface area contributed by atoms with Gasteiger partial charge in [0, 0.05) is 0 Å². The molecule has 0 bridgehead atoms. The van der Waals surface area contributed by atoms with Crippen LogP contribution in [0.4, 0.5) is 0 Å². The van der Waals surface area contributed by atoms with Gasteiger partial charge < -0.3 is 10.2 Å². The molecule has 0 aliphatic rings. The van der Waals surface area contributed by atoms with Crippen molar-refractivity contribution in [1.29, 1.82) is 0 Å². The van der Waals surface area contributed by atoms with Crippen LogP contribution < -0.4 is 0 Å². The highest BCUT2D eigenvalue weighted by molar-refractivity contribution is 8.03. The van der Waals surface area contributed by atoms with Crippen molar-refractivity contribution >= 4 is 23.7 Å². The van der Waals surface area contributed by atoms with E-state index in [1.165, 1.54) is 0 Å². The molecule has 2 N–H and O–H groups in total. The van der Waals surface area contributed by atoms with Gasteiger partial charge in [0.15, 0.2) is 0 Å². The number of aryl methyl sites for hydroxylation is 2. The molecule has 0 saturated carbocycles. The monoisotopic (exact) mass is 414 g/mol. The summed E-state index contributed by atoms with van der Waals surface area (Å²) < 4.78 is -2.53. The number of rotatable bonds is 10. The SMILES string of the molecule is CCc1ccccc1CC(C)(SC(C)(Cc1ccccc1CC)C(=O)O)C(=O)O. The van der Waals surface area contributed by atoms with Crippen molar-refractivity contribution in [1.82, 2.24) is 0 Å². The number of carboxylic acid groups (broad SMARTS) is 2. The fraction of sp³-hybridized carbons (Fsp3) is 0.417. The van der Waals surface area contributed by atoms with E-state index >= 15 is 0 Å². The molecular formula is C24H30O4S. The lowest BCUT2D eigenvalue weighted by Crippen LogP contribution is -2.44. The Hall–Kier alpha value is -2.27. The number of thioether (sulfide) groups is 1. The smallest absolute Gasteiger partial charge is 0.319 e. The molecule has 29 heavy (non-hydrogen) atoms. The minimum absolute atomic E-state index is 0.273. The van der Waals surface area contributed by atoms with Crippen LogP contribution >= 0.6 is 11.8 Å². The van der Waals surface area contributed by atoms with E-state index in [2.05, 4.69) is 0 Å². The second-order valence-corrected chi connectivity index (χ2v) is 9.78. The maximum atomic E-state index is 12.3. The van der Waals surface area contributed by atoms with Crippen LogP contribution in [0.3, 0.4) is 0 Å². The van der Waals surface area contributed by atoms with E-state index in [1.54, 1.807) is 13.8 Å². The zero-order valence-electron chi connectivity index (χ0n) is 17.6. The Morgan fingerprint density at radius 2 is 1.03 bits per heavy atom. The third-order valence-electron chi connectivity index (χ3n) is 5.41. The third kappa shape index (κ3) is 5.41. The van der Waals surface area contributed by atoms with Crippen LogP contribution in [0.15, 0.2) is 48.5 Å². The molecule has 0 radical (unpaired) electrons. The topological polar surface area (TPSA) is 74.6 Å². The zero-order chi connectivity index (χ0) is 21.7. The van der Waals surface area contributed by atoms with Gasteiger partial charge >= 0.3 is 11.9 Å². The van der Waals surface area contributed by atoms with Gasteiger partial charge in [0.25, 0.3) is 0 Å². The molecule has 2 rings (SSSR count). The number of carboxylic acids is 2. The van der Waals surface area contributed by atoms with Crippen LogP contribution in [0, 0.1) is 0 Å². The van der Waals surface area contributed by atoms with Gasteiger partial charge in [-0.15, -0.1) is 11.8 Å². The van der Waals surface area contributed by atoms with Gasteiger partial charge in [0.1, 0.15) is 9.49 Å². The molecule has 5 heteroatoms. The summed E-state index contributed by atoms with van der Waals surface area (Å²) in [5.74, 6) is -1.99. The summed E-state index contributed by atoms with van der Waals surface area (Å²) in [6, 6.07) is 15.5. The summed E-state index contributed by atoms with van der Waals surface area (Å²) in [6.45, 7) is 7.35. The average Bonchev–Trinajstić information content (AvgIpc) is 2.68. The lowest BCUT2D eigenvalue weighted by atomic mass is 9.94. The van der Waals surface area contributed by atoms with Gasteiger partial charge in [-0.25, -0.2) is 0 Å². The number of aliphatic carboxylic acids is 2. The van der Waals surface area contributed by atoms with Crippen LogP contribution in [0.25, 0.3) is 0 Å². The Kier molecular flexibility index (Phi) is 7.53. The van der Waals surface area contributed by atoms with E-state index < -0.39 is 21.4 Å². The van der Waals surface area contributed by atoms with Crippen LogP contribution in [-0.2, 0) is 35.3 Å². The first kappa shape index (κ1) is 23.0. The summed E-state index contributed by atoms with van der Waals surface area (Å²) in [6.07, 6.45) is 2.15. The summed E-state index contributed by atoms with van der Waals surface area (Å²) >= 11 is 1.04. The van der Waals surface area contributed by atoms with Crippen molar-refractivity contribution in [3.05, 3.63) is 70.8 Å². The van der Waals surface area contributed by atoms with Crippen molar-refractivity contribution < 1.29 is 19.8 Å². The quantitative estimate of drug-likeness (QED) is 0.571. The second-order valence-electron chi connectivity index (χ2n) is 7.77. The zero-order valence-corrected chi connectivity index (χ0v) is 18.4. The van der Waals surface area contributed by atoms with Gasteiger partial charge in [-0.05, 0) is 61.8 Å². The Morgan fingerprint density at radius 3 is 1.31 bits per heavy atom. The van der Waals surface area contributed by atoms with Crippen molar-refractivity contribution in [2.75, 3.05) is 0 Å². The average molecular weight is 415 g/mol. The summed E-state index contributed by atoms with van der Waals surface area (Å²) in [4.78, 5) is 24.6. The van der Waals surface area contributed by atoms with Crippen molar-refractivity contribution in [3.8, 4) is 0 Å². The van der Waals surface area contributed by atoms with E-state index in [1.807, 2.05) is 62.4 Å². The largest absolute Gasteiger partial charge is 0.480 e. The minimum atomic E-state index is -1.26. The van der Waals surface area contributed by atoms with Gasteiger partial charge in [0.2, 0.25) is 0 Å². The molecule has 156 valence electrons. The maximum absolute atomic E-state index is 12.3. The van der Waals surface area contributed by atoms with E-state index in [0.29, 0.717) is 0 Å². The highest BCUT2D eigenvalue weighted by atomic mass is 32.2. The number of hydrogen-bond acceptors (Lipinski definition) is 3. The van der Waals surface area contributed by atoms with E-state index in [0.717, 1.165) is 46.9 Å². The Bertz CT molecular complexity index is 807. The predicted octanol–water partition coefficient (Wildman–Crippen LogP) is 5.02. The molecule has 0 saturated heterocycles. The molecule has 0 aliphatic heterocycles. The van der Waals surface area contributed by atoms with E-state index in [9.17, 15) is 19.8 Å². The Labute approximate surface area is 177 Å². The number of carbonyl (C=O) groups is 2. The van der Waals surface area contributed by atoms with Crippen LogP contribution in [-0.4, -0.2) is 31.6 Å². The molecule has 0 aliphatic carbocycles. The highest BCUT2D eigenvalue weighted by Gasteiger charge is 2.46. The summed E-state index contributed by atoms with van der Waals surface area (Å²) in [5.41, 5.74) is 4.09. The lowest BCUT2D eigenvalue weighted by Gasteiger charge is -2.35. The molecule has 0 spiro atoms. The molecule has 2 unspecified atom stereocenters. The minimum Gasteiger partial charge on any atom is -0.480 e. The molecule has 4 nitrogen and oxygen atoms in total. The fourth-order valence-electron chi connectivity index (χ4n) is 3.68. The molecule has 2 aromatic carbocycles. The van der Waals surface area contributed by atoms with Crippen molar-refractivity contribution in [3.63, 3.8) is 0 Å². The van der Waals surface area contributed by atoms with Gasteiger partial charge in [-0.3, -0.25) is 9.59 Å². The lowest BCUT2D eigenvalue weighted by molar-refractivity contribution is -0.139. The second kappa shape index (κ2) is 9.49. The molecule has 2 atom stereocenters. The standard InChI is InChI=1S/C24H30O4S/c1-5-17-11-7-9-13-19(17)15-23(3,21(25)26)29-24(4,22(27)28)16-20-14-10-8-12-18(20)6-2/h7-14H,5-6,15-16H2,1-4H3,(H,25,26)(H,27,28). The van der Waals surface area contributed by atoms with E-state index in [4.69, 9.17) is 0 Å². The molecular weight excluding hydrogens is 384 g/mol. The van der Waals surface area contributed by atoms with Gasteiger partial charge in [0.05, 0.1) is 0 Å². The van der Waals surface area contributed by atoms with E-state index in [-0.39, 0.29) is 12.8 Å². The van der Waals surface area contributed by atoms with Crippen molar-refractivity contribution in [2.24, 2.45) is 0 Å². The Balaban J connectivity index is 2.40. The summed E-state index contributed by atoms with van der Waals surface area (Å²) in [7, 11) is 0. The van der Waals surface area contributed by atoms with Gasteiger partial charge in [-0.1, -0.05) is 62.4 Å². The number of hydrogen-bond donors (Lipinski definition) is 2. The first-order chi connectivity index (χ1) is 13.6. The van der Waals surface area contributed by atoms with Gasteiger partial charge in [-0.2, -0.15) is 0 Å². The summed E-state index contributed by atoms with van der Waals surface area (Å²) in [5, 5.41) is 20.1. The maximum Gasteiger partial charge on any atom is 0.319 e. The predicted molar refractivity (Wildman–Crippen MR) is 119 cm³/mol. The van der Waals surface area contributed by atoms with Crippen molar-refractivity contribution in [2.45, 2.75) is 62.9 Å². The first-order valence-corrected chi connectivity index (χ1v) is 10.8. The number of benzene rings is 2. The van der Waals surface area contributed by atoms with Crippen LogP contribution in [0.1, 0.15) is 49.9 Å². The fourth-order valence-corrected chi connectivity index (χ4v) is 5.31. The highest BCUT2D eigenvalue weighted by Crippen LogP contribution is 2.42. The van der Waals surface area contributed by atoms with Crippen LogP contribution in [0.5, 0.6) is 0 Å². The molecule has 0 aromatic heterocycles. The van der Waals surface area contributed by atoms with Crippen LogP contribution in [0.2, 0.25) is 0 Å². The third-order valence-corrected chi connectivity index (χ3v) is 6.95. The molecule has 2 aromatic rings. The Morgan fingerprint density at radius 1 is 0.724 bits per heavy atom. The molecule has 0 fully saturated rings.